The molecule has 2 unspecified atom stereocenters. The van der Waals surface area contributed by atoms with Crippen LogP contribution in [0.15, 0.2) is 60.0 Å². The predicted molar refractivity (Wildman–Crippen MR) is 139 cm³/mol. The lowest BCUT2D eigenvalue weighted by Crippen LogP contribution is -2.43. The van der Waals surface area contributed by atoms with Crippen LogP contribution in [0, 0.1) is 0 Å². The van der Waals surface area contributed by atoms with Crippen molar-refractivity contribution in [3.05, 3.63) is 76.7 Å². The molecule has 1 aliphatic rings. The van der Waals surface area contributed by atoms with Gasteiger partial charge in [-0.2, -0.15) is 0 Å². The summed E-state index contributed by atoms with van der Waals surface area (Å²) in [6, 6.07) is 14.1. The van der Waals surface area contributed by atoms with Gasteiger partial charge in [0.25, 0.3) is 0 Å². The number of carbonyl (C=O) groups is 1. The van der Waals surface area contributed by atoms with E-state index in [0.29, 0.717) is 19.8 Å². The van der Waals surface area contributed by atoms with Crippen LogP contribution in [0.2, 0.25) is 5.02 Å². The van der Waals surface area contributed by atoms with Crippen molar-refractivity contribution < 1.29 is 14.3 Å². The Balaban J connectivity index is 1.45. The van der Waals surface area contributed by atoms with Crippen LogP contribution >= 0.6 is 23.5 Å². The fourth-order valence-corrected chi connectivity index (χ4v) is 5.26. The maximum Gasteiger partial charge on any atom is 0.407 e. The average Bonchev–Trinajstić information content (AvgIpc) is 3.26. The highest BCUT2D eigenvalue weighted by Crippen LogP contribution is 2.37. The molecule has 0 saturated carbocycles. The fourth-order valence-electron chi connectivity index (χ4n) is 4.39. The van der Waals surface area contributed by atoms with Crippen molar-refractivity contribution in [2.75, 3.05) is 19.8 Å². The molecular formula is C26H31ClN4O3S. The first-order valence-corrected chi connectivity index (χ1v) is 13.0. The van der Waals surface area contributed by atoms with Crippen LogP contribution in [0.25, 0.3) is 0 Å². The molecule has 0 saturated heterocycles. The van der Waals surface area contributed by atoms with E-state index < -0.39 is 0 Å². The predicted octanol–water partition coefficient (Wildman–Crippen LogP) is 5.14. The van der Waals surface area contributed by atoms with E-state index >= 15 is 0 Å². The minimum Gasteiger partial charge on any atom is -0.492 e. The Hall–Kier alpha value is -2.68. The molecule has 7 nitrogen and oxygen atoms in total. The van der Waals surface area contributed by atoms with E-state index in [-0.39, 0.29) is 18.1 Å². The highest BCUT2D eigenvalue weighted by atomic mass is 35.5. The molecule has 0 radical (unpaired) electrons. The highest BCUT2D eigenvalue weighted by molar-refractivity contribution is 7.97. The maximum atomic E-state index is 12.3. The Labute approximate surface area is 215 Å². The summed E-state index contributed by atoms with van der Waals surface area (Å²) in [6.07, 6.45) is 5.80. The molecule has 0 aliphatic heterocycles. The number of alkyl carbamates (subject to hydrolysis) is 1. The number of nitrogens with zero attached hydrogens (tertiary/aromatic N) is 2. The van der Waals surface area contributed by atoms with E-state index in [4.69, 9.17) is 21.1 Å². The normalized spacial score (nSPS) is 17.0. The van der Waals surface area contributed by atoms with E-state index in [9.17, 15) is 4.79 Å². The smallest absolute Gasteiger partial charge is 0.407 e. The zero-order valence-electron chi connectivity index (χ0n) is 20.0. The van der Waals surface area contributed by atoms with Crippen LogP contribution in [0.3, 0.4) is 0 Å². The molecule has 35 heavy (non-hydrogen) atoms. The van der Waals surface area contributed by atoms with Gasteiger partial charge in [-0.05, 0) is 73.0 Å². The van der Waals surface area contributed by atoms with Crippen molar-refractivity contribution in [3.8, 4) is 5.75 Å². The molecule has 1 heterocycles. The second-order valence-corrected chi connectivity index (χ2v) is 9.81. The molecule has 2 N–H and O–H groups in total. The summed E-state index contributed by atoms with van der Waals surface area (Å²) >= 11 is 7.98. The Morgan fingerprint density at radius 1 is 1.29 bits per heavy atom. The van der Waals surface area contributed by atoms with Crippen LogP contribution in [0.4, 0.5) is 4.79 Å². The lowest BCUT2D eigenvalue weighted by Gasteiger charge is -2.34. The molecule has 3 aromatic rings. The van der Waals surface area contributed by atoms with Gasteiger partial charge in [0.15, 0.2) is 0 Å². The van der Waals surface area contributed by atoms with Gasteiger partial charge in [0, 0.05) is 36.8 Å². The monoisotopic (exact) mass is 514 g/mol. The lowest BCUT2D eigenvalue weighted by molar-refractivity contribution is 0.144. The lowest BCUT2D eigenvalue weighted by atomic mass is 9.76. The zero-order chi connectivity index (χ0) is 24.6. The summed E-state index contributed by atoms with van der Waals surface area (Å²) < 4.78 is 16.4. The number of rotatable bonds is 10. The molecule has 9 heteroatoms. The third-order valence-corrected chi connectivity index (χ3v) is 7.17. The quantitative estimate of drug-likeness (QED) is 0.288. The Bertz CT molecular complexity index is 1140. The number of nitrogens with one attached hydrogen (secondary N) is 2. The molecule has 0 bridgehead atoms. The van der Waals surface area contributed by atoms with Gasteiger partial charge in [-0.25, -0.2) is 9.78 Å². The Morgan fingerprint density at radius 2 is 2.14 bits per heavy atom. The molecular weight excluding hydrogens is 484 g/mol. The summed E-state index contributed by atoms with van der Waals surface area (Å²) in [5, 5.41) is 4.74. The first-order chi connectivity index (χ1) is 17.0. The summed E-state index contributed by atoms with van der Waals surface area (Å²) in [7, 11) is 1.95. The van der Waals surface area contributed by atoms with Crippen LogP contribution in [0.1, 0.15) is 36.0 Å². The van der Waals surface area contributed by atoms with Gasteiger partial charge in [0.05, 0.1) is 12.9 Å². The standard InChI is InChI=1S/C26H31ClN4O3S/c1-3-33-26(32)30-24-11-9-18-8-10-20(34-13-12-29-35-25-16-31(2)17-28-25)15-21(18)22(24)14-19-6-4-5-7-23(19)27/h4-8,10,15-17,22,24,29H,3,9,11-14H2,1-2H3,(H,30,32). The molecule has 1 amide bonds. The number of hydrogen-bond donors (Lipinski definition) is 2. The van der Waals surface area contributed by atoms with Gasteiger partial charge >= 0.3 is 6.09 Å². The number of hydrogen-bond acceptors (Lipinski definition) is 6. The third kappa shape index (κ3) is 6.93. The average molecular weight is 515 g/mol. The molecule has 1 aliphatic carbocycles. The van der Waals surface area contributed by atoms with Crippen molar-refractivity contribution in [1.29, 1.82) is 0 Å². The van der Waals surface area contributed by atoms with Crippen LogP contribution in [0.5, 0.6) is 5.75 Å². The van der Waals surface area contributed by atoms with E-state index in [0.717, 1.165) is 40.6 Å². The summed E-state index contributed by atoms with van der Waals surface area (Å²) in [5.74, 6) is 0.874. The molecule has 0 spiro atoms. The largest absolute Gasteiger partial charge is 0.492 e. The minimum absolute atomic E-state index is 0.0514. The van der Waals surface area contributed by atoms with Gasteiger partial charge in [0.1, 0.15) is 17.4 Å². The minimum atomic E-state index is -0.381. The molecule has 1 aromatic heterocycles. The number of carbonyl (C=O) groups excluding carboxylic acids is 1. The first kappa shape index (κ1) is 25.4. The van der Waals surface area contributed by atoms with Crippen LogP contribution in [-0.2, 0) is 24.6 Å². The van der Waals surface area contributed by atoms with Gasteiger partial charge in [-0.1, -0.05) is 35.9 Å². The van der Waals surface area contributed by atoms with Crippen molar-refractivity contribution in [2.45, 2.75) is 43.2 Å². The molecule has 2 atom stereocenters. The van der Waals surface area contributed by atoms with Crippen molar-refractivity contribution >= 4 is 29.6 Å². The summed E-state index contributed by atoms with van der Waals surface area (Å²) in [6.45, 7) is 3.35. The molecule has 186 valence electrons. The highest BCUT2D eigenvalue weighted by Gasteiger charge is 2.32. The zero-order valence-corrected chi connectivity index (χ0v) is 21.6. The van der Waals surface area contributed by atoms with Crippen molar-refractivity contribution in [1.82, 2.24) is 19.6 Å². The van der Waals surface area contributed by atoms with E-state index in [1.165, 1.54) is 23.1 Å². The molecule has 0 fully saturated rings. The molecule has 2 aromatic carbocycles. The van der Waals surface area contributed by atoms with Crippen LogP contribution in [-0.4, -0.2) is 41.4 Å². The number of aryl methyl sites for hydroxylation is 2. The van der Waals surface area contributed by atoms with Gasteiger partial charge < -0.3 is 19.4 Å². The van der Waals surface area contributed by atoms with Gasteiger partial charge in [0.2, 0.25) is 0 Å². The van der Waals surface area contributed by atoms with Crippen LogP contribution < -0.4 is 14.8 Å². The van der Waals surface area contributed by atoms with E-state index in [1.54, 1.807) is 6.33 Å². The Morgan fingerprint density at radius 3 is 2.91 bits per heavy atom. The van der Waals surface area contributed by atoms with Gasteiger partial charge in [-0.3, -0.25) is 4.72 Å². The second kappa shape index (κ2) is 12.3. The second-order valence-electron chi connectivity index (χ2n) is 8.49. The first-order valence-electron chi connectivity index (χ1n) is 11.8. The number of amides is 1. The van der Waals surface area contributed by atoms with Crippen molar-refractivity contribution in [2.24, 2.45) is 7.05 Å². The molecule has 4 rings (SSSR count). The number of halogens is 1. The maximum absolute atomic E-state index is 12.3. The van der Waals surface area contributed by atoms with E-state index in [2.05, 4.69) is 27.2 Å². The number of aromatic nitrogens is 2. The third-order valence-electron chi connectivity index (χ3n) is 6.03. The van der Waals surface area contributed by atoms with Gasteiger partial charge in [-0.15, -0.1) is 0 Å². The summed E-state index contributed by atoms with van der Waals surface area (Å²) in [4.78, 5) is 16.5. The fraction of sp³-hybridized carbons (Fsp3) is 0.385. The SMILES string of the molecule is CCOC(=O)NC1CCc2ccc(OCCNSc3cn(C)cn3)cc2C1Cc1ccccc1Cl. The van der Waals surface area contributed by atoms with E-state index in [1.807, 2.05) is 55.1 Å². The summed E-state index contributed by atoms with van der Waals surface area (Å²) in [5.41, 5.74) is 3.52. The Kier molecular flexibility index (Phi) is 8.95. The number of benzene rings is 2. The number of fused-ring (bicyclic) bond motifs is 1. The van der Waals surface area contributed by atoms with Crippen molar-refractivity contribution in [3.63, 3.8) is 0 Å². The topological polar surface area (TPSA) is 77.4 Å². The number of ether oxygens (including phenoxy) is 2. The number of imidazole rings is 1.